The van der Waals surface area contributed by atoms with E-state index in [0.29, 0.717) is 23.4 Å². The topological polar surface area (TPSA) is 64.4 Å². The van der Waals surface area contributed by atoms with E-state index in [-0.39, 0.29) is 11.9 Å². The molecule has 0 aromatic heterocycles. The number of nitrogen functional groups attached to an aromatic ring is 1. The van der Waals surface area contributed by atoms with Gasteiger partial charge in [0.25, 0.3) is 5.91 Å². The minimum atomic E-state index is -0.436. The highest BCUT2D eigenvalue weighted by atomic mass is 19.1. The second-order valence-corrected chi connectivity index (χ2v) is 6.40. The Balaban J connectivity index is 1.90. The van der Waals surface area contributed by atoms with Gasteiger partial charge in [0.1, 0.15) is 17.2 Å². The summed E-state index contributed by atoms with van der Waals surface area (Å²) in [6.07, 6.45) is 0.602. The number of rotatable bonds is 2. The molecule has 2 aromatic rings. The molecular formula is C18H19FN2O2. The van der Waals surface area contributed by atoms with Gasteiger partial charge in [0.2, 0.25) is 0 Å². The third kappa shape index (κ3) is 3.28. The molecule has 5 heteroatoms. The molecule has 0 saturated heterocycles. The quantitative estimate of drug-likeness (QED) is 0.835. The maximum Gasteiger partial charge on any atom is 0.251 e. The summed E-state index contributed by atoms with van der Waals surface area (Å²) in [6.45, 7) is 3.93. The van der Waals surface area contributed by atoms with Crippen molar-refractivity contribution >= 4 is 11.6 Å². The van der Waals surface area contributed by atoms with Crippen LogP contribution in [-0.4, -0.2) is 11.5 Å². The largest absolute Gasteiger partial charge is 0.487 e. The molecule has 0 fully saturated rings. The summed E-state index contributed by atoms with van der Waals surface area (Å²) < 4.78 is 19.2. The number of halogens is 1. The van der Waals surface area contributed by atoms with Crippen molar-refractivity contribution in [1.82, 2.24) is 5.32 Å². The van der Waals surface area contributed by atoms with Gasteiger partial charge in [-0.25, -0.2) is 4.39 Å². The van der Waals surface area contributed by atoms with E-state index in [4.69, 9.17) is 10.5 Å². The standard InChI is InChI=1S/C18H19FN2O2/c1-18(2)10-15(14-9-13(20)6-7-16(14)23-18)21-17(22)11-4-3-5-12(19)8-11/h3-9,15H,10,20H2,1-2H3,(H,21,22). The molecule has 0 radical (unpaired) electrons. The van der Waals surface area contributed by atoms with Gasteiger partial charge in [-0.15, -0.1) is 0 Å². The van der Waals surface area contributed by atoms with E-state index in [1.807, 2.05) is 19.9 Å². The van der Waals surface area contributed by atoms with Crippen LogP contribution in [0.5, 0.6) is 5.75 Å². The van der Waals surface area contributed by atoms with Crippen molar-refractivity contribution in [3.8, 4) is 5.75 Å². The number of benzene rings is 2. The maximum atomic E-state index is 13.3. The smallest absolute Gasteiger partial charge is 0.251 e. The van der Waals surface area contributed by atoms with Crippen LogP contribution in [0.4, 0.5) is 10.1 Å². The van der Waals surface area contributed by atoms with Crippen molar-refractivity contribution in [3.63, 3.8) is 0 Å². The average molecular weight is 314 g/mol. The molecule has 0 aliphatic carbocycles. The van der Waals surface area contributed by atoms with Gasteiger partial charge in [-0.1, -0.05) is 6.07 Å². The Morgan fingerprint density at radius 3 is 2.83 bits per heavy atom. The lowest BCUT2D eigenvalue weighted by molar-refractivity contribution is 0.0620. The van der Waals surface area contributed by atoms with Crippen molar-refractivity contribution < 1.29 is 13.9 Å². The monoisotopic (exact) mass is 314 g/mol. The summed E-state index contributed by atoms with van der Waals surface area (Å²) in [5.74, 6) is -0.0461. The number of carbonyl (C=O) groups excluding carboxylic acids is 1. The minimum absolute atomic E-state index is 0.243. The Hall–Kier alpha value is -2.56. The summed E-state index contributed by atoms with van der Waals surface area (Å²) in [6, 6.07) is 10.8. The third-order valence-electron chi connectivity index (χ3n) is 3.88. The van der Waals surface area contributed by atoms with Crippen molar-refractivity contribution in [1.29, 1.82) is 0 Å². The lowest BCUT2D eigenvalue weighted by Gasteiger charge is -2.38. The highest BCUT2D eigenvalue weighted by molar-refractivity contribution is 5.94. The molecule has 1 atom stereocenters. The van der Waals surface area contributed by atoms with E-state index in [2.05, 4.69) is 5.32 Å². The number of hydrogen-bond acceptors (Lipinski definition) is 3. The molecule has 2 aromatic carbocycles. The van der Waals surface area contributed by atoms with Gasteiger partial charge < -0.3 is 15.8 Å². The number of fused-ring (bicyclic) bond motifs is 1. The first kappa shape index (κ1) is 15.3. The molecule has 4 nitrogen and oxygen atoms in total. The van der Waals surface area contributed by atoms with Crippen LogP contribution in [0.3, 0.4) is 0 Å². The SMILES string of the molecule is CC1(C)CC(NC(=O)c2cccc(F)c2)c2cc(N)ccc2O1. The summed E-state index contributed by atoms with van der Waals surface area (Å²) in [4.78, 5) is 12.4. The number of nitrogens with one attached hydrogen (secondary N) is 1. The van der Waals surface area contributed by atoms with Crippen molar-refractivity contribution in [2.75, 3.05) is 5.73 Å². The zero-order valence-corrected chi connectivity index (χ0v) is 13.1. The molecule has 0 spiro atoms. The molecule has 0 bridgehead atoms. The first-order chi connectivity index (χ1) is 10.8. The van der Waals surface area contributed by atoms with Gasteiger partial charge in [0.05, 0.1) is 6.04 Å². The molecule has 1 aliphatic heterocycles. The second kappa shape index (κ2) is 5.57. The Morgan fingerprint density at radius 2 is 2.09 bits per heavy atom. The van der Waals surface area contributed by atoms with Crippen LogP contribution in [0.2, 0.25) is 0 Å². The summed E-state index contributed by atoms with van der Waals surface area (Å²) in [7, 11) is 0. The Labute approximate surface area is 134 Å². The molecule has 23 heavy (non-hydrogen) atoms. The Morgan fingerprint density at radius 1 is 1.30 bits per heavy atom. The van der Waals surface area contributed by atoms with E-state index in [1.165, 1.54) is 18.2 Å². The second-order valence-electron chi connectivity index (χ2n) is 6.40. The third-order valence-corrected chi connectivity index (χ3v) is 3.88. The van der Waals surface area contributed by atoms with Gasteiger partial charge in [-0.05, 0) is 50.2 Å². The average Bonchev–Trinajstić information content (AvgIpc) is 2.47. The van der Waals surface area contributed by atoms with E-state index < -0.39 is 11.4 Å². The van der Waals surface area contributed by atoms with Crippen LogP contribution in [0.25, 0.3) is 0 Å². The van der Waals surface area contributed by atoms with Crippen LogP contribution in [0.15, 0.2) is 42.5 Å². The molecule has 0 saturated carbocycles. The zero-order valence-electron chi connectivity index (χ0n) is 13.1. The van der Waals surface area contributed by atoms with Crippen LogP contribution in [-0.2, 0) is 0 Å². The predicted molar refractivity (Wildman–Crippen MR) is 86.8 cm³/mol. The van der Waals surface area contributed by atoms with Crippen LogP contribution in [0, 0.1) is 5.82 Å². The molecule has 3 rings (SSSR count). The van der Waals surface area contributed by atoms with Crippen molar-refractivity contribution in [2.24, 2.45) is 0 Å². The van der Waals surface area contributed by atoms with E-state index in [1.54, 1.807) is 18.2 Å². The van der Waals surface area contributed by atoms with Gasteiger partial charge in [0, 0.05) is 23.2 Å². The zero-order chi connectivity index (χ0) is 16.6. The fourth-order valence-electron chi connectivity index (χ4n) is 2.87. The van der Waals surface area contributed by atoms with E-state index in [0.717, 1.165) is 5.56 Å². The number of amides is 1. The molecule has 1 heterocycles. The van der Waals surface area contributed by atoms with Gasteiger partial charge >= 0.3 is 0 Å². The van der Waals surface area contributed by atoms with Crippen LogP contribution >= 0.6 is 0 Å². The lowest BCUT2D eigenvalue weighted by Crippen LogP contribution is -2.41. The molecule has 3 N–H and O–H groups in total. The molecule has 1 amide bonds. The normalized spacial score (nSPS) is 18.7. The molecule has 1 unspecified atom stereocenters. The van der Waals surface area contributed by atoms with E-state index in [9.17, 15) is 9.18 Å². The first-order valence-electron chi connectivity index (χ1n) is 7.49. The predicted octanol–water partition coefficient (Wildman–Crippen LogP) is 3.44. The molecule has 120 valence electrons. The highest BCUT2D eigenvalue weighted by Gasteiger charge is 2.34. The lowest BCUT2D eigenvalue weighted by atomic mass is 9.89. The van der Waals surface area contributed by atoms with Gasteiger partial charge in [-0.3, -0.25) is 4.79 Å². The van der Waals surface area contributed by atoms with Crippen molar-refractivity contribution in [2.45, 2.75) is 31.9 Å². The number of anilines is 1. The Kier molecular flexibility index (Phi) is 3.72. The van der Waals surface area contributed by atoms with Crippen LogP contribution in [0.1, 0.15) is 42.2 Å². The summed E-state index contributed by atoms with van der Waals surface area (Å²) in [5.41, 5.74) is 7.18. The van der Waals surface area contributed by atoms with Gasteiger partial charge in [-0.2, -0.15) is 0 Å². The minimum Gasteiger partial charge on any atom is -0.487 e. The fourth-order valence-corrected chi connectivity index (χ4v) is 2.87. The fraction of sp³-hybridized carbons (Fsp3) is 0.278. The van der Waals surface area contributed by atoms with Gasteiger partial charge in [0.15, 0.2) is 0 Å². The van der Waals surface area contributed by atoms with E-state index >= 15 is 0 Å². The maximum absolute atomic E-state index is 13.3. The summed E-state index contributed by atoms with van der Waals surface area (Å²) >= 11 is 0. The Bertz CT molecular complexity index is 758. The molecule has 1 aliphatic rings. The van der Waals surface area contributed by atoms with Crippen LogP contribution < -0.4 is 15.8 Å². The number of nitrogens with two attached hydrogens (primary N) is 1. The highest BCUT2D eigenvalue weighted by Crippen LogP contribution is 2.40. The van der Waals surface area contributed by atoms with Crippen molar-refractivity contribution in [3.05, 3.63) is 59.4 Å². The summed E-state index contributed by atoms with van der Waals surface area (Å²) in [5, 5.41) is 2.96. The number of hydrogen-bond donors (Lipinski definition) is 2. The first-order valence-corrected chi connectivity index (χ1v) is 7.49. The number of ether oxygens (including phenoxy) is 1. The number of carbonyl (C=O) groups is 1. The molecular weight excluding hydrogens is 295 g/mol.